The van der Waals surface area contributed by atoms with E-state index in [9.17, 15) is 8.78 Å². The van der Waals surface area contributed by atoms with Crippen molar-refractivity contribution in [2.45, 2.75) is 13.5 Å². The highest BCUT2D eigenvalue weighted by atomic mass is 35.5. The van der Waals surface area contributed by atoms with Crippen molar-refractivity contribution >= 4 is 11.6 Å². The smallest absolute Gasteiger partial charge is 0.219 e. The number of nitrogens with zero attached hydrogens (tertiary/aromatic N) is 1. The molecule has 0 aliphatic carbocycles. The summed E-state index contributed by atoms with van der Waals surface area (Å²) in [6.07, 6.45) is 0. The molecule has 3 nitrogen and oxygen atoms in total. The van der Waals surface area contributed by atoms with Crippen LogP contribution in [0.4, 0.5) is 8.78 Å². The standard InChI is InChI=1S/C14H13ClF2N2O/c1-2-18-8-11-9(15)6-7-13(19-11)20-12-5-3-4-10(16)14(12)17/h3-7,18H,2,8H2,1H3. The average Bonchev–Trinajstić information content (AvgIpc) is 2.44. The second-order valence-corrected chi connectivity index (χ2v) is 4.42. The molecule has 0 aliphatic rings. The average molecular weight is 299 g/mol. The largest absolute Gasteiger partial charge is 0.436 e. The Morgan fingerprint density at radius 3 is 2.80 bits per heavy atom. The first-order valence-corrected chi connectivity index (χ1v) is 6.47. The summed E-state index contributed by atoms with van der Waals surface area (Å²) in [6, 6.07) is 6.83. The Balaban J connectivity index is 2.23. The van der Waals surface area contributed by atoms with Gasteiger partial charge in [0, 0.05) is 12.6 Å². The minimum Gasteiger partial charge on any atom is -0.436 e. The second-order valence-electron chi connectivity index (χ2n) is 4.01. The minimum absolute atomic E-state index is 0.159. The highest BCUT2D eigenvalue weighted by Crippen LogP contribution is 2.26. The van der Waals surface area contributed by atoms with E-state index >= 15 is 0 Å². The topological polar surface area (TPSA) is 34.2 Å². The van der Waals surface area contributed by atoms with Gasteiger partial charge in [0.15, 0.2) is 11.6 Å². The van der Waals surface area contributed by atoms with E-state index in [-0.39, 0.29) is 11.6 Å². The van der Waals surface area contributed by atoms with Gasteiger partial charge < -0.3 is 10.1 Å². The van der Waals surface area contributed by atoms with E-state index < -0.39 is 11.6 Å². The second kappa shape index (κ2) is 6.63. The van der Waals surface area contributed by atoms with Gasteiger partial charge in [0.2, 0.25) is 11.7 Å². The zero-order valence-electron chi connectivity index (χ0n) is 10.8. The molecule has 0 amide bonds. The number of nitrogens with one attached hydrogen (secondary N) is 1. The first kappa shape index (κ1) is 14.7. The molecule has 1 N–H and O–H groups in total. The third-order valence-corrected chi connectivity index (χ3v) is 2.91. The summed E-state index contributed by atoms with van der Waals surface area (Å²) < 4.78 is 31.8. The van der Waals surface area contributed by atoms with Crippen LogP contribution in [-0.2, 0) is 6.54 Å². The maximum atomic E-state index is 13.5. The van der Waals surface area contributed by atoms with Crippen molar-refractivity contribution in [3.63, 3.8) is 0 Å². The van der Waals surface area contributed by atoms with Crippen molar-refractivity contribution in [2.75, 3.05) is 6.54 Å². The quantitative estimate of drug-likeness (QED) is 0.908. The maximum Gasteiger partial charge on any atom is 0.219 e. The number of rotatable bonds is 5. The summed E-state index contributed by atoms with van der Waals surface area (Å²) in [5, 5.41) is 3.56. The van der Waals surface area contributed by atoms with Crippen molar-refractivity contribution in [3.05, 3.63) is 52.7 Å². The van der Waals surface area contributed by atoms with Crippen molar-refractivity contribution in [1.82, 2.24) is 10.3 Å². The van der Waals surface area contributed by atoms with E-state index in [0.29, 0.717) is 17.3 Å². The van der Waals surface area contributed by atoms with Gasteiger partial charge in [-0.15, -0.1) is 0 Å². The van der Waals surface area contributed by atoms with E-state index in [2.05, 4.69) is 10.3 Å². The Hall–Kier alpha value is -1.72. The van der Waals surface area contributed by atoms with Crippen molar-refractivity contribution in [2.24, 2.45) is 0 Å². The molecule has 106 valence electrons. The van der Waals surface area contributed by atoms with Gasteiger partial charge in [-0.2, -0.15) is 4.39 Å². The predicted molar refractivity (Wildman–Crippen MR) is 73.1 cm³/mol. The summed E-state index contributed by atoms with van der Waals surface area (Å²) in [6.45, 7) is 3.19. The van der Waals surface area contributed by atoms with E-state index in [1.165, 1.54) is 18.2 Å². The van der Waals surface area contributed by atoms with Gasteiger partial charge in [-0.25, -0.2) is 9.37 Å². The monoisotopic (exact) mass is 298 g/mol. The van der Waals surface area contributed by atoms with Crippen LogP contribution in [0.15, 0.2) is 30.3 Å². The molecule has 0 radical (unpaired) electrons. The highest BCUT2D eigenvalue weighted by Gasteiger charge is 2.11. The zero-order valence-corrected chi connectivity index (χ0v) is 11.5. The highest BCUT2D eigenvalue weighted by molar-refractivity contribution is 6.31. The fourth-order valence-corrected chi connectivity index (χ4v) is 1.74. The summed E-state index contributed by atoms with van der Waals surface area (Å²) >= 11 is 6.00. The van der Waals surface area contributed by atoms with E-state index in [1.807, 2.05) is 6.92 Å². The number of ether oxygens (including phenoxy) is 1. The first-order valence-electron chi connectivity index (χ1n) is 6.09. The Kier molecular flexibility index (Phi) is 4.87. The third kappa shape index (κ3) is 3.43. The van der Waals surface area contributed by atoms with Crippen LogP contribution in [0.3, 0.4) is 0 Å². The van der Waals surface area contributed by atoms with Crippen LogP contribution in [0.5, 0.6) is 11.6 Å². The molecule has 0 fully saturated rings. The van der Waals surface area contributed by atoms with Gasteiger partial charge >= 0.3 is 0 Å². The number of aromatic nitrogens is 1. The number of hydrogen-bond acceptors (Lipinski definition) is 3. The van der Waals surface area contributed by atoms with Crippen LogP contribution in [0.1, 0.15) is 12.6 Å². The van der Waals surface area contributed by atoms with Crippen LogP contribution in [-0.4, -0.2) is 11.5 Å². The van der Waals surface area contributed by atoms with Crippen LogP contribution >= 0.6 is 11.6 Å². The molecule has 1 aromatic heterocycles. The lowest BCUT2D eigenvalue weighted by Crippen LogP contribution is -2.13. The number of pyridine rings is 1. The summed E-state index contributed by atoms with van der Waals surface area (Å²) in [5.74, 6) is -2.07. The van der Waals surface area contributed by atoms with Crippen molar-refractivity contribution < 1.29 is 13.5 Å². The van der Waals surface area contributed by atoms with Crippen LogP contribution < -0.4 is 10.1 Å². The number of benzene rings is 1. The minimum atomic E-state index is -1.04. The molecule has 0 unspecified atom stereocenters. The lowest BCUT2D eigenvalue weighted by Gasteiger charge is -2.09. The predicted octanol–water partition coefficient (Wildman–Crippen LogP) is 3.92. The fraction of sp³-hybridized carbons (Fsp3) is 0.214. The molecule has 0 aliphatic heterocycles. The van der Waals surface area contributed by atoms with E-state index in [1.54, 1.807) is 6.07 Å². The lowest BCUT2D eigenvalue weighted by atomic mass is 10.3. The molecule has 2 aromatic rings. The SMILES string of the molecule is CCNCc1nc(Oc2cccc(F)c2F)ccc1Cl. The molecule has 0 bridgehead atoms. The zero-order chi connectivity index (χ0) is 14.5. The molecule has 6 heteroatoms. The van der Waals surface area contributed by atoms with Gasteiger partial charge in [-0.1, -0.05) is 24.6 Å². The molecule has 2 rings (SSSR count). The van der Waals surface area contributed by atoms with Gasteiger partial charge in [0.25, 0.3) is 0 Å². The molecule has 0 saturated carbocycles. The summed E-state index contributed by atoms with van der Waals surface area (Å²) in [7, 11) is 0. The molecule has 0 spiro atoms. The Morgan fingerprint density at radius 2 is 2.05 bits per heavy atom. The van der Waals surface area contributed by atoms with Crippen LogP contribution in [0.25, 0.3) is 0 Å². The molecule has 1 heterocycles. The number of hydrogen-bond donors (Lipinski definition) is 1. The van der Waals surface area contributed by atoms with E-state index in [0.717, 1.165) is 12.6 Å². The molecule has 0 atom stereocenters. The maximum absolute atomic E-state index is 13.5. The number of halogens is 3. The molecular weight excluding hydrogens is 286 g/mol. The van der Waals surface area contributed by atoms with Crippen LogP contribution in [0, 0.1) is 11.6 Å². The normalized spacial score (nSPS) is 10.6. The molecular formula is C14H13ClF2N2O. The summed E-state index contributed by atoms with van der Waals surface area (Å²) in [4.78, 5) is 4.17. The molecule has 1 aromatic carbocycles. The van der Waals surface area contributed by atoms with Gasteiger partial charge in [0.1, 0.15) is 0 Å². The van der Waals surface area contributed by atoms with Crippen molar-refractivity contribution in [1.29, 1.82) is 0 Å². The van der Waals surface area contributed by atoms with Gasteiger partial charge in [-0.3, -0.25) is 0 Å². The van der Waals surface area contributed by atoms with Gasteiger partial charge in [-0.05, 0) is 24.7 Å². The first-order chi connectivity index (χ1) is 9.61. The van der Waals surface area contributed by atoms with E-state index in [4.69, 9.17) is 16.3 Å². The van der Waals surface area contributed by atoms with Crippen molar-refractivity contribution in [3.8, 4) is 11.6 Å². The lowest BCUT2D eigenvalue weighted by molar-refractivity contribution is 0.404. The molecule has 0 saturated heterocycles. The van der Waals surface area contributed by atoms with Crippen LogP contribution in [0.2, 0.25) is 5.02 Å². The third-order valence-electron chi connectivity index (χ3n) is 2.57. The molecule has 20 heavy (non-hydrogen) atoms. The fourth-order valence-electron chi connectivity index (χ4n) is 1.56. The Morgan fingerprint density at radius 1 is 1.25 bits per heavy atom. The van der Waals surface area contributed by atoms with Gasteiger partial charge in [0.05, 0.1) is 10.7 Å². The Bertz CT molecular complexity index is 608. The Labute approximate surface area is 120 Å². The summed E-state index contributed by atoms with van der Waals surface area (Å²) in [5.41, 5.74) is 0.586.